The van der Waals surface area contributed by atoms with Crippen LogP contribution in [0.1, 0.15) is 18.3 Å². The fraction of sp³-hybridized carbons (Fsp3) is 0.200. The van der Waals surface area contributed by atoms with E-state index in [0.717, 1.165) is 17.1 Å². The highest BCUT2D eigenvalue weighted by Gasteiger charge is 2.11. The molecule has 0 saturated carbocycles. The van der Waals surface area contributed by atoms with E-state index in [9.17, 15) is 4.79 Å². The number of esters is 1. The summed E-state index contributed by atoms with van der Waals surface area (Å²) in [4.78, 5) is 15.7. The molecule has 0 amide bonds. The van der Waals surface area contributed by atoms with Gasteiger partial charge < -0.3 is 4.74 Å². The van der Waals surface area contributed by atoms with Crippen molar-refractivity contribution in [3.63, 3.8) is 0 Å². The van der Waals surface area contributed by atoms with Crippen LogP contribution in [0.5, 0.6) is 0 Å². The van der Waals surface area contributed by atoms with Crippen molar-refractivity contribution in [3.05, 3.63) is 60.2 Å². The van der Waals surface area contributed by atoms with Crippen molar-refractivity contribution >= 4 is 5.97 Å². The summed E-state index contributed by atoms with van der Waals surface area (Å²) in [6.45, 7) is 7.27. The zero-order valence-electron chi connectivity index (χ0n) is 11.1. The van der Waals surface area contributed by atoms with Gasteiger partial charge in [-0.2, -0.15) is 0 Å². The summed E-state index contributed by atoms with van der Waals surface area (Å²) in [5, 5.41) is 0. The molecule has 0 radical (unpaired) electrons. The smallest absolute Gasteiger partial charge is 0.333 e. The van der Waals surface area contributed by atoms with Crippen LogP contribution in [0, 0.1) is 6.92 Å². The van der Waals surface area contributed by atoms with Gasteiger partial charge in [0.05, 0.1) is 17.7 Å². The van der Waals surface area contributed by atoms with Gasteiger partial charge in [-0.25, -0.2) is 9.78 Å². The lowest BCUT2D eigenvalue weighted by Crippen LogP contribution is -2.09. The highest BCUT2D eigenvalue weighted by molar-refractivity contribution is 5.86. The molecule has 0 aliphatic carbocycles. The summed E-state index contributed by atoms with van der Waals surface area (Å²) in [6.07, 6.45) is 1.73. The summed E-state index contributed by atoms with van der Waals surface area (Å²) in [7, 11) is 0. The van der Waals surface area contributed by atoms with E-state index in [1.807, 2.05) is 41.8 Å². The van der Waals surface area contributed by atoms with E-state index < -0.39 is 0 Å². The van der Waals surface area contributed by atoms with Gasteiger partial charge in [0.25, 0.3) is 0 Å². The largest absolute Gasteiger partial charge is 0.456 e. The zero-order chi connectivity index (χ0) is 13.8. The number of para-hydroxylation sites is 1. The second kappa shape index (κ2) is 5.52. The van der Waals surface area contributed by atoms with Crippen LogP contribution >= 0.6 is 0 Å². The summed E-state index contributed by atoms with van der Waals surface area (Å²) in [5.74, 6) is -0.389. The Kier molecular flexibility index (Phi) is 3.80. The maximum Gasteiger partial charge on any atom is 0.333 e. The molecular formula is C15H16N2O2. The molecule has 1 heterocycles. The topological polar surface area (TPSA) is 44.1 Å². The van der Waals surface area contributed by atoms with E-state index in [0.29, 0.717) is 5.57 Å². The van der Waals surface area contributed by atoms with Crippen LogP contribution in [0.2, 0.25) is 0 Å². The Morgan fingerprint density at radius 3 is 2.68 bits per heavy atom. The minimum Gasteiger partial charge on any atom is -0.456 e. The monoisotopic (exact) mass is 256 g/mol. The van der Waals surface area contributed by atoms with Crippen LogP contribution in [0.3, 0.4) is 0 Å². The Labute approximate surface area is 112 Å². The number of aromatic nitrogens is 2. The fourth-order valence-electron chi connectivity index (χ4n) is 1.71. The summed E-state index contributed by atoms with van der Waals surface area (Å²) < 4.78 is 7.11. The third-order valence-corrected chi connectivity index (χ3v) is 2.80. The summed E-state index contributed by atoms with van der Waals surface area (Å²) in [6, 6.07) is 9.81. The van der Waals surface area contributed by atoms with Gasteiger partial charge in [-0.3, -0.25) is 4.57 Å². The molecular weight excluding hydrogens is 240 g/mol. The predicted molar refractivity (Wildman–Crippen MR) is 72.9 cm³/mol. The van der Waals surface area contributed by atoms with Crippen molar-refractivity contribution in [3.8, 4) is 5.69 Å². The maximum absolute atomic E-state index is 11.4. The fourth-order valence-corrected chi connectivity index (χ4v) is 1.71. The lowest BCUT2D eigenvalue weighted by molar-refractivity contribution is -0.140. The second-order valence-corrected chi connectivity index (χ2v) is 4.34. The first-order valence-corrected chi connectivity index (χ1v) is 6.00. The van der Waals surface area contributed by atoms with E-state index in [-0.39, 0.29) is 12.6 Å². The minimum absolute atomic E-state index is 0.187. The molecule has 0 spiro atoms. The van der Waals surface area contributed by atoms with Gasteiger partial charge in [0, 0.05) is 11.3 Å². The number of carbonyl (C=O) groups is 1. The molecule has 4 nitrogen and oxygen atoms in total. The third kappa shape index (κ3) is 2.91. The number of ether oxygens (including phenoxy) is 1. The van der Waals surface area contributed by atoms with Crippen LogP contribution in [-0.2, 0) is 16.1 Å². The molecule has 98 valence electrons. The number of benzene rings is 1. The molecule has 1 aromatic carbocycles. The molecule has 0 aliphatic heterocycles. The van der Waals surface area contributed by atoms with E-state index >= 15 is 0 Å². The van der Waals surface area contributed by atoms with Gasteiger partial charge in [-0.15, -0.1) is 0 Å². The normalized spacial score (nSPS) is 10.2. The third-order valence-electron chi connectivity index (χ3n) is 2.80. The lowest BCUT2D eigenvalue weighted by atomic mass is 10.3. The SMILES string of the molecule is C=C(C)C(=O)OCc1c(C)ncn1-c1ccccc1. The molecule has 0 unspecified atom stereocenters. The average Bonchev–Trinajstić information content (AvgIpc) is 2.78. The maximum atomic E-state index is 11.4. The molecule has 0 saturated heterocycles. The van der Waals surface area contributed by atoms with Gasteiger partial charge in [0.15, 0.2) is 0 Å². The first-order valence-electron chi connectivity index (χ1n) is 6.00. The van der Waals surface area contributed by atoms with Crippen molar-refractivity contribution in [1.82, 2.24) is 9.55 Å². The van der Waals surface area contributed by atoms with Gasteiger partial charge in [-0.1, -0.05) is 24.8 Å². The molecule has 0 N–H and O–H groups in total. The highest BCUT2D eigenvalue weighted by atomic mass is 16.5. The van der Waals surface area contributed by atoms with E-state index in [4.69, 9.17) is 4.74 Å². The Bertz CT molecular complexity index is 600. The number of rotatable bonds is 4. The molecule has 0 fully saturated rings. The first-order chi connectivity index (χ1) is 9.09. The number of imidazole rings is 1. The van der Waals surface area contributed by atoms with Crippen molar-refractivity contribution in [1.29, 1.82) is 0 Å². The van der Waals surface area contributed by atoms with Crippen molar-refractivity contribution in [2.24, 2.45) is 0 Å². The lowest BCUT2D eigenvalue weighted by Gasteiger charge is -2.09. The van der Waals surface area contributed by atoms with E-state index in [1.54, 1.807) is 13.3 Å². The van der Waals surface area contributed by atoms with Gasteiger partial charge in [0.1, 0.15) is 6.61 Å². The number of hydrogen-bond donors (Lipinski definition) is 0. The molecule has 0 atom stereocenters. The van der Waals surface area contributed by atoms with Gasteiger partial charge >= 0.3 is 5.97 Å². The molecule has 19 heavy (non-hydrogen) atoms. The molecule has 2 aromatic rings. The van der Waals surface area contributed by atoms with Gasteiger partial charge in [0.2, 0.25) is 0 Å². The van der Waals surface area contributed by atoms with Gasteiger partial charge in [-0.05, 0) is 26.0 Å². The van der Waals surface area contributed by atoms with Crippen molar-refractivity contribution in [2.45, 2.75) is 20.5 Å². The summed E-state index contributed by atoms with van der Waals surface area (Å²) >= 11 is 0. The van der Waals surface area contributed by atoms with E-state index in [2.05, 4.69) is 11.6 Å². The Hall–Kier alpha value is -2.36. The molecule has 0 aliphatic rings. The Morgan fingerprint density at radius 2 is 2.05 bits per heavy atom. The molecule has 2 rings (SSSR count). The van der Waals surface area contributed by atoms with E-state index in [1.165, 1.54) is 0 Å². The minimum atomic E-state index is -0.389. The van der Waals surface area contributed by atoms with Crippen LogP contribution < -0.4 is 0 Å². The predicted octanol–water partition coefficient (Wildman–Crippen LogP) is 2.80. The Morgan fingerprint density at radius 1 is 1.37 bits per heavy atom. The van der Waals surface area contributed by atoms with Crippen LogP contribution in [0.15, 0.2) is 48.8 Å². The Balaban J connectivity index is 2.24. The molecule has 0 bridgehead atoms. The first kappa shape index (κ1) is 13.1. The number of carbonyl (C=O) groups excluding carboxylic acids is 1. The van der Waals surface area contributed by atoms with Crippen LogP contribution in [-0.4, -0.2) is 15.5 Å². The second-order valence-electron chi connectivity index (χ2n) is 4.34. The standard InChI is InChI=1S/C15H16N2O2/c1-11(2)15(18)19-9-14-12(3)16-10-17(14)13-7-5-4-6-8-13/h4-8,10H,1,9H2,2-3H3. The average molecular weight is 256 g/mol. The number of nitrogens with zero attached hydrogens (tertiary/aromatic N) is 2. The molecule has 1 aromatic heterocycles. The quantitative estimate of drug-likeness (QED) is 0.624. The molecule has 4 heteroatoms. The van der Waals surface area contributed by atoms with Crippen LogP contribution in [0.4, 0.5) is 0 Å². The van der Waals surface area contributed by atoms with Crippen molar-refractivity contribution < 1.29 is 9.53 Å². The zero-order valence-corrected chi connectivity index (χ0v) is 11.1. The highest BCUT2D eigenvalue weighted by Crippen LogP contribution is 2.15. The number of aryl methyl sites for hydroxylation is 1. The van der Waals surface area contributed by atoms with Crippen LogP contribution in [0.25, 0.3) is 5.69 Å². The number of hydrogen-bond acceptors (Lipinski definition) is 3. The summed E-state index contributed by atoms with van der Waals surface area (Å²) in [5.41, 5.74) is 3.09. The van der Waals surface area contributed by atoms with Crippen molar-refractivity contribution in [2.75, 3.05) is 0 Å².